The number of halogens is 1. The van der Waals surface area contributed by atoms with Gasteiger partial charge in [-0.15, -0.1) is 0 Å². The van der Waals surface area contributed by atoms with Crippen LogP contribution in [0, 0.1) is 6.61 Å². The highest BCUT2D eigenvalue weighted by Crippen LogP contribution is 2.08. The lowest BCUT2D eigenvalue weighted by molar-refractivity contribution is 0.230. The molecule has 1 atom stereocenters. The molecule has 1 rings (SSSR count). The van der Waals surface area contributed by atoms with E-state index in [-0.39, 0.29) is 5.14 Å². The zero-order valence-corrected chi connectivity index (χ0v) is 4.47. The van der Waals surface area contributed by atoms with Crippen LogP contribution in [0.1, 0.15) is 0 Å². The van der Waals surface area contributed by atoms with E-state index in [2.05, 4.69) is 32.3 Å². The van der Waals surface area contributed by atoms with Crippen LogP contribution in [0.5, 0.6) is 0 Å². The molecule has 1 unspecified atom stereocenters. The largest absolute Gasteiger partial charge is 0.327 e. The molecule has 32 valence electrons. The van der Waals surface area contributed by atoms with Crippen LogP contribution in [0.3, 0.4) is 0 Å². The molecule has 0 saturated heterocycles. The van der Waals surface area contributed by atoms with E-state index in [4.69, 9.17) is 0 Å². The lowest BCUT2D eigenvalue weighted by Crippen LogP contribution is -1.86. The third kappa shape index (κ3) is 0.786. The van der Waals surface area contributed by atoms with Gasteiger partial charge in [0, 0.05) is 6.21 Å². The SMILES string of the molecule is BrC1N=C[C]O1. The second kappa shape index (κ2) is 1.71. The fourth-order valence-electron chi connectivity index (χ4n) is 0.206. The lowest BCUT2D eigenvalue weighted by Gasteiger charge is -1.88. The van der Waals surface area contributed by atoms with Crippen LogP contribution < -0.4 is 0 Å². The first kappa shape index (κ1) is 4.27. The predicted molar refractivity (Wildman–Crippen MR) is 25.5 cm³/mol. The number of aliphatic imine (C=N–C) groups is 1. The molecule has 1 heterocycles. The van der Waals surface area contributed by atoms with Crippen molar-refractivity contribution < 1.29 is 4.74 Å². The number of hydrogen-bond donors (Lipinski definition) is 0. The Labute approximate surface area is 44.3 Å². The van der Waals surface area contributed by atoms with Crippen LogP contribution in [0.2, 0.25) is 0 Å². The summed E-state index contributed by atoms with van der Waals surface area (Å²) in [7, 11) is 0. The summed E-state index contributed by atoms with van der Waals surface area (Å²) in [6.07, 6.45) is 1.49. The van der Waals surface area contributed by atoms with Gasteiger partial charge in [0.25, 0.3) is 0 Å². The summed E-state index contributed by atoms with van der Waals surface area (Å²) in [5, 5.41) is -0.183. The maximum atomic E-state index is 4.60. The van der Waals surface area contributed by atoms with Crippen molar-refractivity contribution in [3.63, 3.8) is 0 Å². The number of hydrogen-bond acceptors (Lipinski definition) is 2. The van der Waals surface area contributed by atoms with Gasteiger partial charge in [-0.2, -0.15) is 0 Å². The molecule has 0 bridgehead atoms. The van der Waals surface area contributed by atoms with Crippen molar-refractivity contribution in [2.45, 2.75) is 5.14 Å². The molecule has 3 heteroatoms. The summed E-state index contributed by atoms with van der Waals surface area (Å²) < 4.78 is 4.60. The standard InChI is InChI=1S/C3H2BrNO/c4-3-5-1-2-6-3/h1,3H. The molecular weight excluding hydrogens is 146 g/mol. The smallest absolute Gasteiger partial charge is 0.205 e. The Bertz CT molecular complexity index is 73.2. The van der Waals surface area contributed by atoms with Crippen molar-refractivity contribution in [1.82, 2.24) is 0 Å². The molecule has 0 amide bonds. The zero-order valence-electron chi connectivity index (χ0n) is 2.89. The van der Waals surface area contributed by atoms with Crippen molar-refractivity contribution in [1.29, 1.82) is 0 Å². The van der Waals surface area contributed by atoms with Gasteiger partial charge in [0.2, 0.25) is 5.14 Å². The summed E-state index contributed by atoms with van der Waals surface area (Å²) in [6.45, 7) is 2.43. The van der Waals surface area contributed by atoms with Crippen molar-refractivity contribution in [2.24, 2.45) is 4.99 Å². The highest BCUT2D eigenvalue weighted by Gasteiger charge is 2.03. The first-order chi connectivity index (χ1) is 2.89. The predicted octanol–water partition coefficient (Wildman–Crippen LogP) is 0.805. The summed E-state index contributed by atoms with van der Waals surface area (Å²) in [6, 6.07) is 0. The average molecular weight is 148 g/mol. The molecule has 6 heavy (non-hydrogen) atoms. The third-order valence-corrected chi connectivity index (χ3v) is 0.833. The molecule has 0 aromatic carbocycles. The monoisotopic (exact) mass is 147 g/mol. The number of nitrogens with zero attached hydrogens (tertiary/aromatic N) is 1. The fourth-order valence-corrected chi connectivity index (χ4v) is 0.432. The molecule has 0 spiro atoms. The maximum Gasteiger partial charge on any atom is 0.205 e. The fraction of sp³-hybridized carbons (Fsp3) is 0.333. The van der Waals surface area contributed by atoms with Crippen LogP contribution in [0.15, 0.2) is 4.99 Å². The van der Waals surface area contributed by atoms with E-state index in [1.165, 1.54) is 6.21 Å². The number of rotatable bonds is 0. The average Bonchev–Trinajstić information content (AvgIpc) is 1.86. The number of ether oxygens (including phenoxy) is 1. The summed E-state index contributed by atoms with van der Waals surface area (Å²) in [5.74, 6) is 0. The van der Waals surface area contributed by atoms with Gasteiger partial charge in [-0.1, -0.05) is 0 Å². The van der Waals surface area contributed by atoms with Crippen LogP contribution in [-0.2, 0) is 4.74 Å². The molecule has 2 nitrogen and oxygen atoms in total. The molecule has 0 N–H and O–H groups in total. The minimum absolute atomic E-state index is 0.183. The van der Waals surface area contributed by atoms with E-state index in [0.717, 1.165) is 0 Å². The quantitative estimate of drug-likeness (QED) is 0.367. The highest BCUT2D eigenvalue weighted by molar-refractivity contribution is 9.09. The van der Waals surface area contributed by atoms with E-state index in [1.807, 2.05) is 0 Å². The van der Waals surface area contributed by atoms with Crippen LogP contribution in [0.25, 0.3) is 0 Å². The van der Waals surface area contributed by atoms with E-state index in [0.29, 0.717) is 0 Å². The molecule has 0 aliphatic carbocycles. The minimum atomic E-state index is -0.183. The maximum absolute atomic E-state index is 4.60. The van der Waals surface area contributed by atoms with E-state index >= 15 is 0 Å². The Kier molecular flexibility index (Phi) is 1.22. The van der Waals surface area contributed by atoms with E-state index in [9.17, 15) is 0 Å². The first-order valence-electron chi connectivity index (χ1n) is 1.46. The molecular formula is C3H2BrNO. The molecule has 0 saturated carbocycles. The van der Waals surface area contributed by atoms with E-state index in [1.54, 1.807) is 0 Å². The normalized spacial score (nSPS) is 31.8. The Morgan fingerprint density at radius 2 is 2.83 bits per heavy atom. The molecule has 2 radical (unpaired) electrons. The Hall–Kier alpha value is 0.110. The van der Waals surface area contributed by atoms with Crippen molar-refractivity contribution in [2.75, 3.05) is 0 Å². The third-order valence-electron chi connectivity index (χ3n) is 0.410. The van der Waals surface area contributed by atoms with Gasteiger partial charge in [-0.05, 0) is 15.9 Å². The van der Waals surface area contributed by atoms with Gasteiger partial charge < -0.3 is 4.74 Å². The van der Waals surface area contributed by atoms with Gasteiger partial charge >= 0.3 is 0 Å². The summed E-state index contributed by atoms with van der Waals surface area (Å²) in [4.78, 5) is 3.69. The van der Waals surface area contributed by atoms with Gasteiger partial charge in [-0.25, -0.2) is 0 Å². The van der Waals surface area contributed by atoms with Crippen LogP contribution >= 0.6 is 15.9 Å². The molecule has 0 aromatic heterocycles. The first-order valence-corrected chi connectivity index (χ1v) is 2.38. The molecule has 1 aliphatic rings. The van der Waals surface area contributed by atoms with Crippen molar-refractivity contribution in [3.05, 3.63) is 6.61 Å². The highest BCUT2D eigenvalue weighted by atomic mass is 79.9. The lowest BCUT2D eigenvalue weighted by atomic mass is 10.8. The minimum Gasteiger partial charge on any atom is -0.327 e. The molecule has 1 aliphatic heterocycles. The van der Waals surface area contributed by atoms with Gasteiger partial charge in [0.1, 0.15) is 0 Å². The second-order valence-corrected chi connectivity index (χ2v) is 1.59. The molecule has 0 aromatic rings. The second-order valence-electron chi connectivity index (χ2n) is 0.806. The van der Waals surface area contributed by atoms with Crippen molar-refractivity contribution in [3.8, 4) is 0 Å². The van der Waals surface area contributed by atoms with Gasteiger partial charge in [0.05, 0.1) is 0 Å². The van der Waals surface area contributed by atoms with Crippen LogP contribution in [-0.4, -0.2) is 11.4 Å². The Balaban J connectivity index is 2.38. The topological polar surface area (TPSA) is 21.6 Å². The number of alkyl halides is 1. The molecule has 0 fully saturated rings. The van der Waals surface area contributed by atoms with E-state index < -0.39 is 0 Å². The van der Waals surface area contributed by atoms with Gasteiger partial charge in [0.15, 0.2) is 6.61 Å². The Morgan fingerprint density at radius 3 is 3.00 bits per heavy atom. The zero-order chi connectivity index (χ0) is 4.41. The summed E-state index contributed by atoms with van der Waals surface area (Å²) >= 11 is 3.06. The van der Waals surface area contributed by atoms with Crippen molar-refractivity contribution >= 4 is 22.1 Å². The summed E-state index contributed by atoms with van der Waals surface area (Å²) in [5.41, 5.74) is 0. The Morgan fingerprint density at radius 1 is 2.00 bits per heavy atom. The van der Waals surface area contributed by atoms with Crippen LogP contribution in [0.4, 0.5) is 0 Å². The van der Waals surface area contributed by atoms with Gasteiger partial charge in [-0.3, -0.25) is 4.99 Å².